The number of fused-ring (bicyclic) bond motifs is 2. The van der Waals surface area contributed by atoms with Gasteiger partial charge >= 0.3 is 0 Å². The van der Waals surface area contributed by atoms with Gasteiger partial charge in [-0.05, 0) is 35.9 Å². The van der Waals surface area contributed by atoms with Crippen molar-refractivity contribution in [2.24, 2.45) is 0 Å². The number of amides is 1. The van der Waals surface area contributed by atoms with E-state index in [1.165, 1.54) is 0 Å². The lowest BCUT2D eigenvalue weighted by molar-refractivity contribution is 0.0963. The molecule has 0 aliphatic heterocycles. The molecule has 0 spiro atoms. The fraction of sp³-hybridized carbons (Fsp3) is 0.136. The number of carbonyl (C=O) groups excluding carboxylic acids is 1. The third kappa shape index (κ3) is 3.80. The van der Waals surface area contributed by atoms with Crippen LogP contribution in [0.3, 0.4) is 0 Å². The first-order chi connectivity index (χ1) is 15.2. The zero-order chi connectivity index (χ0) is 21.2. The van der Waals surface area contributed by atoms with E-state index in [0.29, 0.717) is 29.8 Å². The Labute approximate surface area is 177 Å². The highest BCUT2D eigenvalue weighted by Gasteiger charge is 2.12. The smallest absolute Gasteiger partial charge is 0.251 e. The molecule has 0 aliphatic rings. The SMILES string of the molecule is CNC(=O)c1ccnc(Cc2cnc3nnn(Cc4ccc5ncccc5c4)c3n2)c1. The fourth-order valence-electron chi connectivity index (χ4n) is 3.42. The van der Waals surface area contributed by atoms with E-state index in [1.807, 2.05) is 24.3 Å². The molecule has 0 radical (unpaired) electrons. The summed E-state index contributed by atoms with van der Waals surface area (Å²) in [4.78, 5) is 29.7. The summed E-state index contributed by atoms with van der Waals surface area (Å²) in [6.45, 7) is 0.518. The molecule has 0 fully saturated rings. The van der Waals surface area contributed by atoms with Crippen molar-refractivity contribution in [1.82, 2.24) is 40.2 Å². The normalized spacial score (nSPS) is 11.1. The standard InChI is InChI=1S/C22H18N8O/c1-23-22(31)16-6-8-24-17(10-16)11-18-12-26-20-21(27-18)30(29-28-20)13-14-4-5-19-15(9-14)3-2-7-25-19/h2-10,12H,11,13H2,1H3,(H,23,31). The Hall–Kier alpha value is -4.27. The summed E-state index contributed by atoms with van der Waals surface area (Å²) >= 11 is 0. The summed E-state index contributed by atoms with van der Waals surface area (Å²) in [5.41, 5.74) is 5.11. The number of aromatic nitrogens is 7. The van der Waals surface area contributed by atoms with E-state index in [1.54, 1.807) is 42.5 Å². The van der Waals surface area contributed by atoms with Gasteiger partial charge in [0.2, 0.25) is 5.65 Å². The molecule has 4 aromatic heterocycles. The molecule has 0 aliphatic carbocycles. The van der Waals surface area contributed by atoms with Crippen LogP contribution in [0.2, 0.25) is 0 Å². The van der Waals surface area contributed by atoms with Gasteiger partial charge in [-0.2, -0.15) is 0 Å². The molecule has 9 nitrogen and oxygen atoms in total. The summed E-state index contributed by atoms with van der Waals surface area (Å²) in [5.74, 6) is -0.155. The Bertz CT molecular complexity index is 1410. The molecule has 152 valence electrons. The van der Waals surface area contributed by atoms with E-state index in [9.17, 15) is 4.79 Å². The number of nitrogens with one attached hydrogen (secondary N) is 1. The lowest BCUT2D eigenvalue weighted by Crippen LogP contribution is -2.18. The van der Waals surface area contributed by atoms with Gasteiger partial charge in [0, 0.05) is 42.5 Å². The highest BCUT2D eigenvalue weighted by molar-refractivity contribution is 5.93. The van der Waals surface area contributed by atoms with Crippen LogP contribution in [0.15, 0.2) is 61.1 Å². The maximum Gasteiger partial charge on any atom is 0.251 e. The molecule has 0 saturated heterocycles. The Morgan fingerprint density at radius 1 is 1.03 bits per heavy atom. The van der Waals surface area contributed by atoms with Crippen LogP contribution in [0.25, 0.3) is 22.2 Å². The van der Waals surface area contributed by atoms with Gasteiger partial charge in [0.05, 0.1) is 24.0 Å². The first-order valence-electron chi connectivity index (χ1n) is 9.75. The van der Waals surface area contributed by atoms with Crippen LogP contribution >= 0.6 is 0 Å². The van der Waals surface area contributed by atoms with E-state index in [2.05, 4.69) is 36.6 Å². The quantitative estimate of drug-likeness (QED) is 0.473. The van der Waals surface area contributed by atoms with Crippen molar-refractivity contribution >= 4 is 28.1 Å². The predicted octanol–water partition coefficient (Wildman–Crippen LogP) is 2.16. The lowest BCUT2D eigenvalue weighted by atomic mass is 10.1. The van der Waals surface area contributed by atoms with Gasteiger partial charge in [-0.25, -0.2) is 14.6 Å². The summed E-state index contributed by atoms with van der Waals surface area (Å²) in [5, 5.41) is 12.0. The van der Waals surface area contributed by atoms with E-state index in [0.717, 1.165) is 27.9 Å². The van der Waals surface area contributed by atoms with Crippen molar-refractivity contribution in [2.45, 2.75) is 13.0 Å². The third-order valence-corrected chi connectivity index (χ3v) is 4.95. The second-order valence-electron chi connectivity index (χ2n) is 7.08. The van der Waals surface area contributed by atoms with E-state index >= 15 is 0 Å². The third-order valence-electron chi connectivity index (χ3n) is 4.95. The molecule has 5 rings (SSSR count). The number of carbonyl (C=O) groups is 1. The van der Waals surface area contributed by atoms with Gasteiger partial charge in [-0.15, -0.1) is 5.10 Å². The maximum atomic E-state index is 11.9. The molecular formula is C22H18N8O. The van der Waals surface area contributed by atoms with Gasteiger partial charge in [0.15, 0.2) is 5.65 Å². The van der Waals surface area contributed by atoms with Gasteiger partial charge < -0.3 is 5.32 Å². The van der Waals surface area contributed by atoms with Gasteiger partial charge in [0.25, 0.3) is 5.91 Å². The first-order valence-corrected chi connectivity index (χ1v) is 9.75. The Kier molecular flexibility index (Phi) is 4.75. The Morgan fingerprint density at radius 2 is 1.97 bits per heavy atom. The number of hydrogen-bond acceptors (Lipinski definition) is 7. The number of pyridine rings is 2. The van der Waals surface area contributed by atoms with E-state index in [-0.39, 0.29) is 5.91 Å². The van der Waals surface area contributed by atoms with Gasteiger partial charge in [-0.3, -0.25) is 14.8 Å². The van der Waals surface area contributed by atoms with Crippen LogP contribution in [-0.2, 0) is 13.0 Å². The van der Waals surface area contributed by atoms with Crippen LogP contribution in [0.1, 0.15) is 27.3 Å². The molecular weight excluding hydrogens is 392 g/mol. The molecule has 0 unspecified atom stereocenters. The largest absolute Gasteiger partial charge is 0.355 e. The van der Waals surface area contributed by atoms with Crippen molar-refractivity contribution in [3.8, 4) is 0 Å². The molecule has 0 saturated carbocycles. The van der Waals surface area contributed by atoms with Gasteiger partial charge in [-0.1, -0.05) is 17.3 Å². The van der Waals surface area contributed by atoms with Crippen LogP contribution in [0, 0.1) is 0 Å². The average Bonchev–Trinajstić information content (AvgIpc) is 3.20. The zero-order valence-corrected chi connectivity index (χ0v) is 16.7. The topological polar surface area (TPSA) is 111 Å². The summed E-state index contributed by atoms with van der Waals surface area (Å²) in [6, 6.07) is 13.5. The molecule has 1 N–H and O–H groups in total. The maximum absolute atomic E-state index is 11.9. The molecule has 0 atom stereocenters. The Morgan fingerprint density at radius 3 is 2.87 bits per heavy atom. The van der Waals surface area contributed by atoms with Crippen LogP contribution < -0.4 is 5.32 Å². The summed E-state index contributed by atoms with van der Waals surface area (Å²) < 4.78 is 1.73. The van der Waals surface area contributed by atoms with Crippen LogP contribution in [-0.4, -0.2) is 47.9 Å². The van der Waals surface area contributed by atoms with Crippen molar-refractivity contribution in [3.05, 3.63) is 83.6 Å². The number of rotatable bonds is 5. The molecule has 4 heterocycles. The van der Waals surface area contributed by atoms with E-state index in [4.69, 9.17) is 4.98 Å². The van der Waals surface area contributed by atoms with Crippen molar-refractivity contribution < 1.29 is 4.79 Å². The zero-order valence-electron chi connectivity index (χ0n) is 16.7. The Balaban J connectivity index is 1.43. The highest BCUT2D eigenvalue weighted by Crippen LogP contribution is 2.16. The first kappa shape index (κ1) is 18.7. The lowest BCUT2D eigenvalue weighted by Gasteiger charge is -2.06. The molecule has 9 heteroatoms. The van der Waals surface area contributed by atoms with Crippen molar-refractivity contribution in [2.75, 3.05) is 7.05 Å². The van der Waals surface area contributed by atoms with Crippen LogP contribution in [0.4, 0.5) is 0 Å². The minimum atomic E-state index is -0.155. The molecule has 1 amide bonds. The summed E-state index contributed by atoms with van der Waals surface area (Å²) in [6.07, 6.45) is 5.51. The molecule has 1 aromatic carbocycles. The monoisotopic (exact) mass is 410 g/mol. The van der Waals surface area contributed by atoms with E-state index < -0.39 is 0 Å². The van der Waals surface area contributed by atoms with Crippen molar-refractivity contribution in [1.29, 1.82) is 0 Å². The van der Waals surface area contributed by atoms with Gasteiger partial charge in [0.1, 0.15) is 0 Å². The van der Waals surface area contributed by atoms with Crippen molar-refractivity contribution in [3.63, 3.8) is 0 Å². The molecule has 31 heavy (non-hydrogen) atoms. The predicted molar refractivity (Wildman–Crippen MR) is 114 cm³/mol. The second kappa shape index (κ2) is 7.86. The van der Waals surface area contributed by atoms with Crippen LogP contribution in [0.5, 0.6) is 0 Å². The molecule has 5 aromatic rings. The minimum Gasteiger partial charge on any atom is -0.355 e. The number of nitrogens with zero attached hydrogens (tertiary/aromatic N) is 7. The number of hydrogen-bond donors (Lipinski definition) is 1. The number of benzene rings is 1. The average molecular weight is 410 g/mol. The fourth-order valence-corrected chi connectivity index (χ4v) is 3.42. The minimum absolute atomic E-state index is 0.155. The highest BCUT2D eigenvalue weighted by atomic mass is 16.1. The summed E-state index contributed by atoms with van der Waals surface area (Å²) in [7, 11) is 1.60. The second-order valence-corrected chi connectivity index (χ2v) is 7.08. The molecule has 0 bridgehead atoms.